The van der Waals surface area contributed by atoms with Crippen molar-refractivity contribution in [3.05, 3.63) is 12.5 Å². The Bertz CT molecular complexity index is 261. The maximum absolute atomic E-state index is 11.1. The van der Waals surface area contributed by atoms with E-state index >= 15 is 0 Å². The van der Waals surface area contributed by atoms with Gasteiger partial charge < -0.3 is 14.3 Å². The number of carbonyl (C=O) groups excluding carboxylic acids is 1. The topological polar surface area (TPSA) is 57.1 Å². The third kappa shape index (κ3) is 1.80. The summed E-state index contributed by atoms with van der Waals surface area (Å²) in [5.74, 6) is -1.41. The second-order valence-corrected chi connectivity index (χ2v) is 2.63. The maximum atomic E-state index is 11.1. The van der Waals surface area contributed by atoms with E-state index in [4.69, 9.17) is 9.47 Å². The first-order valence-corrected chi connectivity index (χ1v) is 3.73. The first-order chi connectivity index (χ1) is 6.10. The van der Waals surface area contributed by atoms with Crippen molar-refractivity contribution in [2.75, 3.05) is 7.11 Å². The number of Topliss-reactive ketones (excluding diaryl/α,β-unsaturated/α-hetero) is 1. The number of oxime groups is 1. The Kier molecular flexibility index (Phi) is 2.55. The van der Waals surface area contributed by atoms with Gasteiger partial charge in [0, 0.05) is 13.8 Å². The Morgan fingerprint density at radius 3 is 2.38 bits per heavy atom. The van der Waals surface area contributed by atoms with Gasteiger partial charge in [-0.3, -0.25) is 4.79 Å². The number of ether oxygens (including phenoxy) is 2. The Morgan fingerprint density at radius 1 is 1.46 bits per heavy atom. The van der Waals surface area contributed by atoms with E-state index in [0.717, 1.165) is 0 Å². The van der Waals surface area contributed by atoms with E-state index in [-0.39, 0.29) is 11.5 Å². The first kappa shape index (κ1) is 9.57. The van der Waals surface area contributed by atoms with Gasteiger partial charge in [-0.25, -0.2) is 0 Å². The van der Waals surface area contributed by atoms with Crippen LogP contribution >= 0.6 is 0 Å². The van der Waals surface area contributed by atoms with E-state index in [0.29, 0.717) is 0 Å². The minimum Gasteiger partial charge on any atom is -0.451 e. The highest BCUT2D eigenvalue weighted by atomic mass is 16.7. The van der Waals surface area contributed by atoms with Gasteiger partial charge >= 0.3 is 0 Å². The first-order valence-electron chi connectivity index (χ1n) is 3.73. The predicted octanol–water partition coefficient (Wildman–Crippen LogP) is 0.812. The highest BCUT2D eigenvalue weighted by Gasteiger charge is 2.40. The Labute approximate surface area is 75.9 Å². The third-order valence-corrected chi connectivity index (χ3v) is 1.59. The average Bonchev–Trinajstić information content (AvgIpc) is 2.48. The van der Waals surface area contributed by atoms with E-state index in [1.54, 1.807) is 6.92 Å². The number of hydrogen-bond donors (Lipinski definition) is 0. The molecule has 0 saturated carbocycles. The summed E-state index contributed by atoms with van der Waals surface area (Å²) >= 11 is 0. The molecule has 0 unspecified atom stereocenters. The summed E-state index contributed by atoms with van der Waals surface area (Å²) in [4.78, 5) is 15.6. The number of ketones is 1. The molecule has 0 aromatic rings. The molecule has 1 rings (SSSR count). The van der Waals surface area contributed by atoms with Crippen molar-refractivity contribution in [1.82, 2.24) is 0 Å². The Balaban J connectivity index is 2.88. The van der Waals surface area contributed by atoms with Crippen LogP contribution in [0.5, 0.6) is 0 Å². The van der Waals surface area contributed by atoms with Crippen LogP contribution in [0.4, 0.5) is 0 Å². The molecule has 0 aromatic carbocycles. The molecule has 1 heterocycles. The lowest BCUT2D eigenvalue weighted by Gasteiger charge is -2.22. The molecule has 13 heavy (non-hydrogen) atoms. The molecule has 5 nitrogen and oxygen atoms in total. The van der Waals surface area contributed by atoms with Crippen LogP contribution in [0.2, 0.25) is 0 Å². The largest absolute Gasteiger partial charge is 0.451 e. The van der Waals surface area contributed by atoms with E-state index in [1.807, 2.05) is 0 Å². The minimum absolute atomic E-state index is 0.0972. The maximum Gasteiger partial charge on any atom is 0.297 e. The molecule has 0 spiro atoms. The Morgan fingerprint density at radius 2 is 2.00 bits per heavy atom. The fourth-order valence-electron chi connectivity index (χ4n) is 1.01. The number of carbonyl (C=O) groups is 1. The summed E-state index contributed by atoms with van der Waals surface area (Å²) in [6.07, 6.45) is 2.71. The monoisotopic (exact) mass is 185 g/mol. The quantitative estimate of drug-likeness (QED) is 0.482. The summed E-state index contributed by atoms with van der Waals surface area (Å²) in [5, 5.41) is 3.55. The zero-order chi connectivity index (χ0) is 9.90. The molecule has 0 aliphatic carbocycles. The van der Waals surface area contributed by atoms with Gasteiger partial charge in [0.1, 0.15) is 19.6 Å². The van der Waals surface area contributed by atoms with Crippen LogP contribution < -0.4 is 0 Å². The number of nitrogens with zero attached hydrogens (tertiary/aromatic N) is 1. The van der Waals surface area contributed by atoms with Gasteiger partial charge in [-0.2, -0.15) is 0 Å². The van der Waals surface area contributed by atoms with Gasteiger partial charge in [0.05, 0.1) is 0 Å². The number of rotatable bonds is 3. The van der Waals surface area contributed by atoms with E-state index in [2.05, 4.69) is 9.99 Å². The SMILES string of the molecule is CO/N=C(\C(C)=O)C1(C)OC=CO1. The molecule has 0 saturated heterocycles. The van der Waals surface area contributed by atoms with Crippen molar-refractivity contribution in [3.63, 3.8) is 0 Å². The second-order valence-electron chi connectivity index (χ2n) is 2.63. The minimum atomic E-state index is -1.15. The van der Waals surface area contributed by atoms with Gasteiger partial charge in [0.25, 0.3) is 5.79 Å². The van der Waals surface area contributed by atoms with Crippen LogP contribution in [0.25, 0.3) is 0 Å². The summed E-state index contributed by atoms with van der Waals surface area (Å²) in [6, 6.07) is 0. The normalized spacial score (nSPS) is 19.2. The van der Waals surface area contributed by atoms with Crippen LogP contribution in [-0.4, -0.2) is 24.4 Å². The zero-order valence-electron chi connectivity index (χ0n) is 7.73. The fraction of sp³-hybridized carbons (Fsp3) is 0.500. The molecular weight excluding hydrogens is 174 g/mol. The lowest BCUT2D eigenvalue weighted by molar-refractivity contribution is -0.116. The predicted molar refractivity (Wildman–Crippen MR) is 44.8 cm³/mol. The van der Waals surface area contributed by atoms with Gasteiger partial charge in [-0.1, -0.05) is 5.16 Å². The zero-order valence-corrected chi connectivity index (χ0v) is 7.73. The lowest BCUT2D eigenvalue weighted by Crippen LogP contribution is -2.40. The second kappa shape index (κ2) is 3.47. The fourth-order valence-corrected chi connectivity index (χ4v) is 1.01. The summed E-state index contributed by atoms with van der Waals surface area (Å²) < 4.78 is 10.2. The molecule has 0 N–H and O–H groups in total. The van der Waals surface area contributed by atoms with Crippen molar-refractivity contribution in [2.45, 2.75) is 19.6 Å². The van der Waals surface area contributed by atoms with Crippen molar-refractivity contribution < 1.29 is 19.1 Å². The molecule has 0 bridgehead atoms. The van der Waals surface area contributed by atoms with E-state index in [9.17, 15) is 4.79 Å². The van der Waals surface area contributed by atoms with E-state index in [1.165, 1.54) is 26.6 Å². The number of hydrogen-bond acceptors (Lipinski definition) is 5. The molecule has 1 aliphatic heterocycles. The van der Waals surface area contributed by atoms with Crippen LogP contribution in [0, 0.1) is 0 Å². The summed E-state index contributed by atoms with van der Waals surface area (Å²) in [6.45, 7) is 2.96. The van der Waals surface area contributed by atoms with E-state index < -0.39 is 5.79 Å². The summed E-state index contributed by atoms with van der Waals surface area (Å²) in [7, 11) is 1.36. The molecule has 1 aliphatic rings. The third-order valence-electron chi connectivity index (χ3n) is 1.59. The standard InChI is InChI=1S/C8H11NO4/c1-6(10)7(9-11-3)8(2)12-4-5-13-8/h4-5H,1-3H3/b9-7+. The van der Waals surface area contributed by atoms with Gasteiger partial charge in [-0.15, -0.1) is 0 Å². The molecule has 0 fully saturated rings. The van der Waals surface area contributed by atoms with Gasteiger partial charge in [-0.05, 0) is 0 Å². The highest BCUT2D eigenvalue weighted by Crippen LogP contribution is 2.22. The van der Waals surface area contributed by atoms with Crippen molar-refractivity contribution in [1.29, 1.82) is 0 Å². The average molecular weight is 185 g/mol. The smallest absolute Gasteiger partial charge is 0.297 e. The van der Waals surface area contributed by atoms with Crippen LogP contribution in [0.1, 0.15) is 13.8 Å². The molecule has 0 aromatic heterocycles. The van der Waals surface area contributed by atoms with Gasteiger partial charge in [0.2, 0.25) is 5.71 Å². The lowest BCUT2D eigenvalue weighted by atomic mass is 10.1. The van der Waals surface area contributed by atoms with Crippen LogP contribution in [0.15, 0.2) is 17.7 Å². The van der Waals surface area contributed by atoms with Crippen molar-refractivity contribution >= 4 is 11.5 Å². The highest BCUT2D eigenvalue weighted by molar-refractivity contribution is 6.41. The Hall–Kier alpha value is -1.52. The van der Waals surface area contributed by atoms with Crippen LogP contribution in [-0.2, 0) is 19.1 Å². The molecule has 0 amide bonds. The summed E-state index contributed by atoms with van der Waals surface area (Å²) in [5.41, 5.74) is 0.0972. The van der Waals surface area contributed by atoms with Crippen LogP contribution in [0.3, 0.4) is 0 Å². The van der Waals surface area contributed by atoms with Gasteiger partial charge in [0.15, 0.2) is 5.78 Å². The van der Waals surface area contributed by atoms with Crippen molar-refractivity contribution in [3.8, 4) is 0 Å². The molecule has 0 radical (unpaired) electrons. The molecule has 5 heteroatoms. The molecule has 0 atom stereocenters. The molecule has 72 valence electrons. The molecular formula is C8H11NO4. The van der Waals surface area contributed by atoms with Crippen molar-refractivity contribution in [2.24, 2.45) is 5.16 Å².